The lowest BCUT2D eigenvalue weighted by Crippen LogP contribution is -2.20. The minimum Gasteiger partial charge on any atom is -0.480 e. The van der Waals surface area contributed by atoms with Gasteiger partial charge in [-0.15, -0.1) is 11.8 Å². The summed E-state index contributed by atoms with van der Waals surface area (Å²) in [6, 6.07) is 9.66. The van der Waals surface area contributed by atoms with Crippen LogP contribution in [0.4, 0.5) is 10.7 Å². The summed E-state index contributed by atoms with van der Waals surface area (Å²) in [7, 11) is 0. The number of benzene rings is 1. The smallest absolute Gasteiger partial charge is 0.413 e. The van der Waals surface area contributed by atoms with E-state index in [9.17, 15) is 14.4 Å². The van der Waals surface area contributed by atoms with Gasteiger partial charge in [0.25, 0.3) is 5.56 Å². The van der Waals surface area contributed by atoms with Crippen molar-refractivity contribution in [1.29, 1.82) is 0 Å². The van der Waals surface area contributed by atoms with Gasteiger partial charge in [-0.3, -0.25) is 19.9 Å². The number of hydrogen-bond donors (Lipinski definition) is 3. The van der Waals surface area contributed by atoms with Crippen molar-refractivity contribution in [1.82, 2.24) is 19.5 Å². The maximum atomic E-state index is 12.0. The molecule has 3 rings (SSSR count). The SMILES string of the molecule is O=C(O)Cn1cnc2c(=O)[nH]c(NC(=O)OCCSc3ccccc3)nc21. The van der Waals surface area contributed by atoms with Gasteiger partial charge in [0.2, 0.25) is 5.95 Å². The number of amides is 1. The van der Waals surface area contributed by atoms with Gasteiger partial charge in [0, 0.05) is 10.6 Å². The molecular weight excluding hydrogens is 374 g/mol. The van der Waals surface area contributed by atoms with Crippen LogP contribution in [-0.4, -0.2) is 49.0 Å². The lowest BCUT2D eigenvalue weighted by molar-refractivity contribution is -0.137. The molecule has 0 fully saturated rings. The van der Waals surface area contributed by atoms with Crippen LogP contribution >= 0.6 is 11.8 Å². The third-order valence-electron chi connectivity index (χ3n) is 3.33. The first-order valence-electron chi connectivity index (χ1n) is 7.81. The summed E-state index contributed by atoms with van der Waals surface area (Å²) in [4.78, 5) is 46.0. The number of hydrogen-bond acceptors (Lipinski definition) is 7. The molecule has 0 spiro atoms. The largest absolute Gasteiger partial charge is 0.480 e. The first kappa shape index (κ1) is 18.5. The molecule has 0 aliphatic rings. The molecule has 0 bridgehead atoms. The van der Waals surface area contributed by atoms with Crippen molar-refractivity contribution >= 4 is 40.9 Å². The summed E-state index contributed by atoms with van der Waals surface area (Å²) in [6.07, 6.45) is 0.416. The Kier molecular flexibility index (Phi) is 5.71. The molecule has 2 heterocycles. The summed E-state index contributed by atoms with van der Waals surface area (Å²) < 4.78 is 6.24. The summed E-state index contributed by atoms with van der Waals surface area (Å²) in [5, 5.41) is 11.2. The molecule has 0 saturated carbocycles. The number of carbonyl (C=O) groups is 2. The Labute approximate surface area is 156 Å². The highest BCUT2D eigenvalue weighted by molar-refractivity contribution is 7.99. The van der Waals surface area contributed by atoms with Gasteiger partial charge < -0.3 is 14.4 Å². The van der Waals surface area contributed by atoms with Crippen LogP contribution in [0.1, 0.15) is 0 Å². The Hall–Kier alpha value is -3.34. The van der Waals surface area contributed by atoms with Crippen LogP contribution in [0.5, 0.6) is 0 Å². The summed E-state index contributed by atoms with van der Waals surface area (Å²) in [5.74, 6) is -0.701. The zero-order valence-electron chi connectivity index (χ0n) is 13.9. The number of carbonyl (C=O) groups excluding carboxylic acids is 1. The number of aromatic amines is 1. The average Bonchev–Trinajstić information content (AvgIpc) is 3.02. The summed E-state index contributed by atoms with van der Waals surface area (Å²) >= 11 is 1.54. The minimum absolute atomic E-state index is 0.0190. The van der Waals surface area contributed by atoms with Gasteiger partial charge in [-0.1, -0.05) is 18.2 Å². The molecular formula is C16H15N5O5S. The van der Waals surface area contributed by atoms with Crippen molar-refractivity contribution < 1.29 is 19.4 Å². The predicted octanol–water partition coefficient (Wildman–Crippen LogP) is 1.55. The van der Waals surface area contributed by atoms with Gasteiger partial charge in [-0.05, 0) is 12.1 Å². The molecule has 0 saturated heterocycles. The maximum absolute atomic E-state index is 12.0. The monoisotopic (exact) mass is 389 g/mol. The lowest BCUT2D eigenvalue weighted by atomic mass is 10.4. The number of nitrogens with zero attached hydrogens (tertiary/aromatic N) is 3. The fourth-order valence-electron chi connectivity index (χ4n) is 2.22. The van der Waals surface area contributed by atoms with Crippen LogP contribution < -0.4 is 10.9 Å². The fraction of sp³-hybridized carbons (Fsp3) is 0.188. The number of thioether (sulfide) groups is 1. The van der Waals surface area contributed by atoms with Crippen LogP contribution in [-0.2, 0) is 16.1 Å². The van der Waals surface area contributed by atoms with E-state index >= 15 is 0 Å². The maximum Gasteiger partial charge on any atom is 0.413 e. The molecule has 140 valence electrons. The minimum atomic E-state index is -1.11. The number of ether oxygens (including phenoxy) is 1. The van der Waals surface area contributed by atoms with E-state index in [-0.39, 0.29) is 23.7 Å². The number of imidazole rings is 1. The van der Waals surface area contributed by atoms with Crippen LogP contribution in [0.15, 0.2) is 46.3 Å². The van der Waals surface area contributed by atoms with Crippen molar-refractivity contribution in [3.63, 3.8) is 0 Å². The molecule has 10 nitrogen and oxygen atoms in total. The van der Waals surface area contributed by atoms with E-state index in [1.807, 2.05) is 30.3 Å². The number of anilines is 1. The van der Waals surface area contributed by atoms with E-state index < -0.39 is 24.2 Å². The van der Waals surface area contributed by atoms with Crippen LogP contribution in [0, 0.1) is 0 Å². The number of rotatable bonds is 7. The van der Waals surface area contributed by atoms with E-state index in [1.54, 1.807) is 0 Å². The Morgan fingerprint density at radius 2 is 2.07 bits per heavy atom. The standard InChI is InChI=1S/C16H15N5O5S/c22-11(23)8-21-9-17-12-13(21)18-15(19-14(12)24)20-16(25)26-6-7-27-10-4-2-1-3-5-10/h1-5,9H,6-8H2,(H,22,23)(H2,18,19,20,24,25). The number of aliphatic carboxylic acids is 1. The van der Waals surface area contributed by atoms with E-state index in [0.717, 1.165) is 4.90 Å². The van der Waals surface area contributed by atoms with Gasteiger partial charge in [0.15, 0.2) is 11.2 Å². The summed E-state index contributed by atoms with van der Waals surface area (Å²) in [6.45, 7) is -0.248. The zero-order valence-corrected chi connectivity index (χ0v) is 14.7. The van der Waals surface area contributed by atoms with Crippen molar-refractivity contribution in [3.8, 4) is 0 Å². The molecule has 1 aromatic carbocycles. The predicted molar refractivity (Wildman–Crippen MR) is 97.9 cm³/mol. The molecule has 0 aliphatic heterocycles. The van der Waals surface area contributed by atoms with Gasteiger partial charge in [-0.25, -0.2) is 9.78 Å². The Morgan fingerprint density at radius 1 is 1.30 bits per heavy atom. The van der Waals surface area contributed by atoms with Crippen LogP contribution in [0.25, 0.3) is 11.2 Å². The van der Waals surface area contributed by atoms with Gasteiger partial charge in [0.1, 0.15) is 13.2 Å². The number of carboxylic acid groups (broad SMARTS) is 1. The summed E-state index contributed by atoms with van der Waals surface area (Å²) in [5.41, 5.74) is -0.565. The number of fused-ring (bicyclic) bond motifs is 1. The number of carboxylic acids is 1. The molecule has 27 heavy (non-hydrogen) atoms. The highest BCUT2D eigenvalue weighted by Gasteiger charge is 2.14. The van der Waals surface area contributed by atoms with Crippen LogP contribution in [0.3, 0.4) is 0 Å². The van der Waals surface area contributed by atoms with Crippen molar-refractivity contribution in [2.75, 3.05) is 17.7 Å². The topological polar surface area (TPSA) is 139 Å². The molecule has 3 N–H and O–H groups in total. The van der Waals surface area contributed by atoms with Crippen molar-refractivity contribution in [3.05, 3.63) is 47.0 Å². The zero-order chi connectivity index (χ0) is 19.2. The number of aromatic nitrogens is 4. The third kappa shape index (κ3) is 4.85. The Morgan fingerprint density at radius 3 is 2.81 bits per heavy atom. The quantitative estimate of drug-likeness (QED) is 0.408. The molecule has 0 radical (unpaired) electrons. The van der Waals surface area contributed by atoms with Crippen molar-refractivity contribution in [2.24, 2.45) is 0 Å². The van der Waals surface area contributed by atoms with Gasteiger partial charge in [-0.2, -0.15) is 4.98 Å². The van der Waals surface area contributed by atoms with E-state index in [2.05, 4.69) is 20.3 Å². The lowest BCUT2D eigenvalue weighted by Gasteiger charge is -2.07. The van der Waals surface area contributed by atoms with Gasteiger partial charge in [0.05, 0.1) is 6.33 Å². The molecule has 0 atom stereocenters. The number of H-pyrrole nitrogens is 1. The fourth-order valence-corrected chi connectivity index (χ4v) is 2.97. The highest BCUT2D eigenvalue weighted by Crippen LogP contribution is 2.16. The number of nitrogens with one attached hydrogen (secondary N) is 2. The third-order valence-corrected chi connectivity index (χ3v) is 4.31. The Balaban J connectivity index is 1.59. The molecule has 3 aromatic rings. The molecule has 1 amide bonds. The average molecular weight is 389 g/mol. The molecule has 11 heteroatoms. The van der Waals surface area contributed by atoms with E-state index in [4.69, 9.17) is 9.84 Å². The van der Waals surface area contributed by atoms with Gasteiger partial charge >= 0.3 is 12.1 Å². The normalized spacial score (nSPS) is 10.7. The highest BCUT2D eigenvalue weighted by atomic mass is 32.2. The Bertz CT molecular complexity index is 1020. The van der Waals surface area contributed by atoms with E-state index in [0.29, 0.717) is 5.75 Å². The van der Waals surface area contributed by atoms with E-state index in [1.165, 1.54) is 22.7 Å². The molecule has 0 aliphatic carbocycles. The van der Waals surface area contributed by atoms with Crippen LogP contribution in [0.2, 0.25) is 0 Å². The first-order valence-corrected chi connectivity index (χ1v) is 8.80. The molecule has 0 unspecified atom stereocenters. The second kappa shape index (κ2) is 8.36. The second-order valence-electron chi connectivity index (χ2n) is 5.28. The van der Waals surface area contributed by atoms with Crippen molar-refractivity contribution in [2.45, 2.75) is 11.4 Å². The molecule has 2 aromatic heterocycles. The first-order chi connectivity index (χ1) is 13.0. The second-order valence-corrected chi connectivity index (χ2v) is 6.44.